The normalized spacial score (nSPS) is 13.6. The van der Waals surface area contributed by atoms with Gasteiger partial charge in [0.25, 0.3) is 0 Å². The Morgan fingerprint density at radius 3 is 2.50 bits per heavy atom. The summed E-state index contributed by atoms with van der Waals surface area (Å²) in [5.74, 6) is -1.27. The number of benzene rings is 1. The van der Waals surface area contributed by atoms with Crippen LogP contribution in [0.15, 0.2) is 12.1 Å². The Hall–Kier alpha value is -1.05. The maximum absolute atomic E-state index is 13.6. The summed E-state index contributed by atoms with van der Waals surface area (Å²) in [6, 6.07) is 1.73. The van der Waals surface area contributed by atoms with Gasteiger partial charge in [0.05, 0.1) is 5.75 Å². The third-order valence-corrected chi connectivity index (χ3v) is 3.35. The molecule has 0 fully saturated rings. The van der Waals surface area contributed by atoms with Crippen molar-refractivity contribution in [1.29, 1.82) is 0 Å². The van der Waals surface area contributed by atoms with E-state index in [1.807, 2.05) is 0 Å². The van der Waals surface area contributed by atoms with E-state index in [1.54, 1.807) is 6.92 Å². The molecule has 3 N–H and O–H groups in total. The van der Waals surface area contributed by atoms with Crippen LogP contribution in [0.5, 0.6) is 0 Å². The predicted octanol–water partition coefficient (Wildman–Crippen LogP) is 1.21. The average Bonchev–Trinajstić information content (AvgIpc) is 2.21. The molecule has 1 unspecified atom stereocenters. The molecule has 1 rings (SSSR count). The SMILES string of the molecule is Cc1cc(F)c(C(C)NCCS(N)(=O)=O)cc1F. The van der Waals surface area contributed by atoms with E-state index < -0.39 is 27.7 Å². The molecule has 1 aromatic carbocycles. The quantitative estimate of drug-likeness (QED) is 0.850. The zero-order valence-electron chi connectivity index (χ0n) is 10.2. The van der Waals surface area contributed by atoms with Crippen LogP contribution in [-0.2, 0) is 10.0 Å². The second kappa shape index (κ2) is 5.73. The van der Waals surface area contributed by atoms with Crippen molar-refractivity contribution in [1.82, 2.24) is 5.32 Å². The lowest BCUT2D eigenvalue weighted by Crippen LogP contribution is -2.29. The Balaban J connectivity index is 2.73. The molecule has 4 nitrogen and oxygen atoms in total. The molecule has 0 aliphatic carbocycles. The van der Waals surface area contributed by atoms with Crippen LogP contribution in [0.3, 0.4) is 0 Å². The van der Waals surface area contributed by atoms with Crippen molar-refractivity contribution < 1.29 is 17.2 Å². The van der Waals surface area contributed by atoms with Crippen LogP contribution in [0, 0.1) is 18.6 Å². The summed E-state index contributed by atoms with van der Waals surface area (Å²) in [7, 11) is -3.56. The maximum atomic E-state index is 13.6. The highest BCUT2D eigenvalue weighted by Crippen LogP contribution is 2.20. The van der Waals surface area contributed by atoms with Gasteiger partial charge in [0.15, 0.2) is 0 Å². The molecule has 0 aliphatic heterocycles. The minimum Gasteiger partial charge on any atom is -0.309 e. The van der Waals surface area contributed by atoms with Gasteiger partial charge in [0, 0.05) is 18.2 Å². The smallest absolute Gasteiger partial charge is 0.210 e. The molecule has 0 aliphatic rings. The van der Waals surface area contributed by atoms with Crippen LogP contribution in [-0.4, -0.2) is 20.7 Å². The van der Waals surface area contributed by atoms with E-state index in [9.17, 15) is 17.2 Å². The van der Waals surface area contributed by atoms with Crippen LogP contribution in [0.2, 0.25) is 0 Å². The first-order valence-corrected chi connectivity index (χ1v) is 7.11. The zero-order chi connectivity index (χ0) is 13.9. The van der Waals surface area contributed by atoms with Crippen molar-refractivity contribution >= 4 is 10.0 Å². The second-order valence-electron chi connectivity index (χ2n) is 4.17. The standard InChI is InChI=1S/C11H16F2N2O2S/c1-7-5-11(13)9(6-10(7)12)8(2)15-3-4-18(14,16)17/h5-6,8,15H,3-4H2,1-2H3,(H2,14,16,17). The Bertz CT molecular complexity index is 532. The summed E-state index contributed by atoms with van der Waals surface area (Å²) >= 11 is 0. The van der Waals surface area contributed by atoms with Crippen molar-refractivity contribution in [3.63, 3.8) is 0 Å². The Morgan fingerprint density at radius 2 is 1.94 bits per heavy atom. The number of hydrogen-bond acceptors (Lipinski definition) is 3. The number of nitrogens with one attached hydrogen (secondary N) is 1. The van der Waals surface area contributed by atoms with Gasteiger partial charge >= 0.3 is 0 Å². The molecule has 0 spiro atoms. The third-order valence-electron chi connectivity index (χ3n) is 2.58. The Labute approximate surface area is 105 Å². The zero-order valence-corrected chi connectivity index (χ0v) is 11.0. The molecular weight excluding hydrogens is 262 g/mol. The molecule has 1 aromatic rings. The van der Waals surface area contributed by atoms with Crippen molar-refractivity contribution in [3.05, 3.63) is 34.9 Å². The van der Waals surface area contributed by atoms with E-state index in [0.29, 0.717) is 0 Å². The molecule has 18 heavy (non-hydrogen) atoms. The lowest BCUT2D eigenvalue weighted by atomic mass is 10.1. The summed E-state index contributed by atoms with van der Waals surface area (Å²) in [6.45, 7) is 3.17. The van der Waals surface area contributed by atoms with Gasteiger partial charge in [-0.2, -0.15) is 0 Å². The fraction of sp³-hybridized carbons (Fsp3) is 0.455. The van der Waals surface area contributed by atoms with E-state index in [0.717, 1.165) is 12.1 Å². The van der Waals surface area contributed by atoms with E-state index in [4.69, 9.17) is 5.14 Å². The highest BCUT2D eigenvalue weighted by Gasteiger charge is 2.14. The Kier molecular flexibility index (Phi) is 4.78. The van der Waals surface area contributed by atoms with E-state index >= 15 is 0 Å². The first kappa shape index (κ1) is 15.0. The number of halogens is 2. The molecule has 102 valence electrons. The molecule has 0 bridgehead atoms. The van der Waals surface area contributed by atoms with Gasteiger partial charge in [-0.1, -0.05) is 0 Å². The molecular formula is C11H16F2N2O2S. The molecule has 1 atom stereocenters. The van der Waals surface area contributed by atoms with Gasteiger partial charge in [-0.15, -0.1) is 0 Å². The maximum Gasteiger partial charge on any atom is 0.210 e. The van der Waals surface area contributed by atoms with Gasteiger partial charge in [0.1, 0.15) is 11.6 Å². The summed E-state index contributed by atoms with van der Waals surface area (Å²) in [5, 5.41) is 7.61. The number of nitrogens with two attached hydrogens (primary N) is 1. The molecule has 0 amide bonds. The number of primary sulfonamides is 1. The largest absolute Gasteiger partial charge is 0.309 e. The lowest BCUT2D eigenvalue weighted by Gasteiger charge is -2.15. The average molecular weight is 278 g/mol. The van der Waals surface area contributed by atoms with Crippen molar-refractivity contribution in [2.45, 2.75) is 19.9 Å². The highest BCUT2D eigenvalue weighted by molar-refractivity contribution is 7.89. The van der Waals surface area contributed by atoms with Gasteiger partial charge < -0.3 is 5.32 Å². The minimum atomic E-state index is -3.56. The lowest BCUT2D eigenvalue weighted by molar-refractivity contribution is 0.524. The molecule has 0 saturated carbocycles. The first-order valence-electron chi connectivity index (χ1n) is 5.40. The van der Waals surface area contributed by atoms with Crippen molar-refractivity contribution in [3.8, 4) is 0 Å². The molecule has 7 heteroatoms. The van der Waals surface area contributed by atoms with Gasteiger partial charge in [-0.25, -0.2) is 22.3 Å². The first-order chi connectivity index (χ1) is 8.20. The van der Waals surface area contributed by atoms with Crippen LogP contribution < -0.4 is 10.5 Å². The van der Waals surface area contributed by atoms with Gasteiger partial charge in [-0.3, -0.25) is 0 Å². The Morgan fingerprint density at radius 1 is 1.33 bits per heavy atom. The van der Waals surface area contributed by atoms with Crippen molar-refractivity contribution in [2.75, 3.05) is 12.3 Å². The third kappa shape index (κ3) is 4.32. The van der Waals surface area contributed by atoms with Gasteiger partial charge in [-0.05, 0) is 31.5 Å². The molecule has 0 saturated heterocycles. The van der Waals surface area contributed by atoms with Gasteiger partial charge in [0.2, 0.25) is 10.0 Å². The van der Waals surface area contributed by atoms with Crippen LogP contribution >= 0.6 is 0 Å². The monoisotopic (exact) mass is 278 g/mol. The van der Waals surface area contributed by atoms with E-state index in [1.165, 1.54) is 6.92 Å². The van der Waals surface area contributed by atoms with E-state index in [-0.39, 0.29) is 23.4 Å². The van der Waals surface area contributed by atoms with E-state index in [2.05, 4.69) is 5.32 Å². The molecule has 0 heterocycles. The second-order valence-corrected chi connectivity index (χ2v) is 5.90. The fourth-order valence-corrected chi connectivity index (χ4v) is 1.92. The number of rotatable bonds is 5. The van der Waals surface area contributed by atoms with Crippen LogP contribution in [0.4, 0.5) is 8.78 Å². The van der Waals surface area contributed by atoms with Crippen molar-refractivity contribution in [2.24, 2.45) is 5.14 Å². The predicted molar refractivity (Wildman–Crippen MR) is 65.5 cm³/mol. The summed E-state index contributed by atoms with van der Waals surface area (Å²) in [5.41, 5.74) is 0.389. The fourth-order valence-electron chi connectivity index (χ4n) is 1.52. The number of aryl methyl sites for hydroxylation is 1. The summed E-state index contributed by atoms with van der Waals surface area (Å²) in [6.07, 6.45) is 0. The molecule has 0 aromatic heterocycles. The highest BCUT2D eigenvalue weighted by atomic mass is 32.2. The summed E-state index contributed by atoms with van der Waals surface area (Å²) < 4.78 is 48.4. The number of sulfonamides is 1. The van der Waals surface area contributed by atoms with Crippen LogP contribution in [0.1, 0.15) is 24.1 Å². The van der Waals surface area contributed by atoms with Crippen LogP contribution in [0.25, 0.3) is 0 Å². The molecule has 0 radical (unpaired) electrons. The summed E-state index contributed by atoms with van der Waals surface area (Å²) in [4.78, 5) is 0. The minimum absolute atomic E-state index is 0.0783. The number of hydrogen-bond donors (Lipinski definition) is 2. The topological polar surface area (TPSA) is 72.2 Å².